The van der Waals surface area contributed by atoms with Crippen LogP contribution < -0.4 is 10.9 Å². The zero-order chi connectivity index (χ0) is 15.7. The lowest BCUT2D eigenvalue weighted by Gasteiger charge is -2.09. The third-order valence-corrected chi connectivity index (χ3v) is 3.41. The van der Waals surface area contributed by atoms with Crippen molar-refractivity contribution in [2.24, 2.45) is 0 Å². The Balaban J connectivity index is 1.89. The number of hydrogen-bond acceptors (Lipinski definition) is 5. The van der Waals surface area contributed by atoms with Crippen LogP contribution in [0.5, 0.6) is 0 Å². The predicted octanol–water partition coefficient (Wildman–Crippen LogP) is 1.04. The number of hydrogen-bond donors (Lipinski definition) is 3. The maximum Gasteiger partial charge on any atom is 0.335 e. The van der Waals surface area contributed by atoms with E-state index in [2.05, 4.69) is 20.6 Å². The van der Waals surface area contributed by atoms with E-state index in [1.54, 1.807) is 19.1 Å². The van der Waals surface area contributed by atoms with E-state index in [0.717, 1.165) is 5.56 Å². The molecule has 2 aromatic heterocycles. The summed E-state index contributed by atoms with van der Waals surface area (Å²) in [5.74, 6) is -0.998. The number of rotatable bonds is 4. The van der Waals surface area contributed by atoms with Crippen LogP contribution in [0.3, 0.4) is 0 Å². The van der Waals surface area contributed by atoms with Crippen LogP contribution in [0.25, 0.3) is 5.65 Å². The molecule has 3 rings (SSSR count). The van der Waals surface area contributed by atoms with Crippen molar-refractivity contribution in [3.8, 4) is 0 Å². The lowest BCUT2D eigenvalue weighted by molar-refractivity contribution is 0.0697. The maximum atomic E-state index is 12.1. The monoisotopic (exact) mass is 299 g/mol. The number of nitrogens with zero attached hydrogens (tertiary/aromatic N) is 3. The fraction of sp³-hybridized carbons (Fsp3) is 0.143. The summed E-state index contributed by atoms with van der Waals surface area (Å²) >= 11 is 0. The highest BCUT2D eigenvalue weighted by molar-refractivity contribution is 5.88. The summed E-state index contributed by atoms with van der Waals surface area (Å²) in [7, 11) is 0. The highest BCUT2D eigenvalue weighted by atomic mass is 16.4. The minimum atomic E-state index is -0.998. The molecule has 0 saturated carbocycles. The zero-order valence-electron chi connectivity index (χ0n) is 11.7. The van der Waals surface area contributed by atoms with Gasteiger partial charge in [0.05, 0.1) is 5.56 Å². The molecule has 0 bridgehead atoms. The molecule has 0 spiro atoms. The van der Waals surface area contributed by atoms with Crippen molar-refractivity contribution in [1.82, 2.24) is 19.8 Å². The molecule has 3 aromatic rings. The van der Waals surface area contributed by atoms with Crippen LogP contribution in [0.2, 0.25) is 0 Å². The summed E-state index contributed by atoms with van der Waals surface area (Å²) in [6.45, 7) is 2.05. The number of nitrogens with one attached hydrogen (secondary N) is 2. The highest BCUT2D eigenvalue weighted by Gasteiger charge is 2.11. The first kappa shape index (κ1) is 13.8. The molecule has 0 fully saturated rings. The van der Waals surface area contributed by atoms with E-state index in [1.807, 2.05) is 0 Å². The molecule has 0 amide bonds. The van der Waals surface area contributed by atoms with Gasteiger partial charge in [0.1, 0.15) is 6.33 Å². The van der Waals surface area contributed by atoms with Crippen LogP contribution in [-0.4, -0.2) is 30.9 Å². The average Bonchev–Trinajstić information content (AvgIpc) is 2.95. The molecular formula is C14H13N5O3. The highest BCUT2D eigenvalue weighted by Crippen LogP contribution is 2.13. The Hall–Kier alpha value is -3.16. The molecule has 0 radical (unpaired) electrons. The van der Waals surface area contributed by atoms with Gasteiger partial charge in [-0.15, -0.1) is 10.2 Å². The number of H-pyrrole nitrogens is 1. The van der Waals surface area contributed by atoms with Crippen molar-refractivity contribution in [3.05, 3.63) is 57.6 Å². The minimum Gasteiger partial charge on any atom is -0.478 e. The lowest BCUT2D eigenvalue weighted by Crippen LogP contribution is -2.21. The number of carbonyl (C=O) groups is 1. The summed E-state index contributed by atoms with van der Waals surface area (Å²) in [6.07, 6.45) is 1.43. The molecule has 2 heterocycles. The molecule has 0 atom stereocenters. The van der Waals surface area contributed by atoms with Crippen LogP contribution in [0.1, 0.15) is 21.5 Å². The standard InChI is InChI=1S/C14H13N5O3/c1-8-11(13(20)18-19-7-16-17-12(8)19)6-15-10-4-2-3-9(5-10)14(21)22/h2-5,7,15H,6H2,1H3,(H,18,20)(H,21,22). The van der Waals surface area contributed by atoms with Gasteiger partial charge in [-0.1, -0.05) is 6.07 Å². The Bertz CT molecular complexity index is 912. The smallest absolute Gasteiger partial charge is 0.335 e. The summed E-state index contributed by atoms with van der Waals surface area (Å²) in [5, 5.41) is 22.4. The lowest BCUT2D eigenvalue weighted by atomic mass is 10.1. The summed E-state index contributed by atoms with van der Waals surface area (Å²) < 4.78 is 1.46. The molecule has 3 N–H and O–H groups in total. The van der Waals surface area contributed by atoms with Crippen molar-refractivity contribution in [2.75, 3.05) is 5.32 Å². The van der Waals surface area contributed by atoms with Crippen LogP contribution in [-0.2, 0) is 6.54 Å². The summed E-state index contributed by atoms with van der Waals surface area (Å²) in [6, 6.07) is 6.41. The Morgan fingerprint density at radius 2 is 2.27 bits per heavy atom. The van der Waals surface area contributed by atoms with E-state index in [1.165, 1.54) is 23.0 Å². The number of aromatic carboxylic acids is 1. The largest absolute Gasteiger partial charge is 0.478 e. The first-order valence-electron chi connectivity index (χ1n) is 6.55. The van der Waals surface area contributed by atoms with Crippen LogP contribution in [0.15, 0.2) is 35.4 Å². The quantitative estimate of drug-likeness (QED) is 0.663. The van der Waals surface area contributed by atoms with Gasteiger partial charge in [0.2, 0.25) is 0 Å². The Morgan fingerprint density at radius 1 is 1.45 bits per heavy atom. The molecule has 0 aliphatic heterocycles. The number of aromatic nitrogens is 4. The van der Waals surface area contributed by atoms with E-state index in [-0.39, 0.29) is 17.7 Å². The minimum absolute atomic E-state index is 0.184. The second-order valence-electron chi connectivity index (χ2n) is 4.81. The van der Waals surface area contributed by atoms with Crippen molar-refractivity contribution < 1.29 is 9.90 Å². The second kappa shape index (κ2) is 5.32. The summed E-state index contributed by atoms with van der Waals surface area (Å²) in [4.78, 5) is 23.0. The number of aromatic amines is 1. The summed E-state index contributed by atoms with van der Waals surface area (Å²) in [5.41, 5.74) is 2.40. The van der Waals surface area contributed by atoms with Gasteiger partial charge in [-0.05, 0) is 25.1 Å². The van der Waals surface area contributed by atoms with Crippen LogP contribution in [0, 0.1) is 6.92 Å². The van der Waals surface area contributed by atoms with E-state index in [4.69, 9.17) is 5.11 Å². The van der Waals surface area contributed by atoms with E-state index in [0.29, 0.717) is 16.9 Å². The first-order valence-corrected chi connectivity index (χ1v) is 6.55. The third-order valence-electron chi connectivity index (χ3n) is 3.41. The Kier molecular flexibility index (Phi) is 3.34. The molecule has 0 saturated heterocycles. The van der Waals surface area contributed by atoms with Gasteiger partial charge in [-0.3, -0.25) is 9.89 Å². The fourth-order valence-corrected chi connectivity index (χ4v) is 2.22. The molecule has 0 aliphatic rings. The molecule has 8 nitrogen and oxygen atoms in total. The second-order valence-corrected chi connectivity index (χ2v) is 4.81. The predicted molar refractivity (Wildman–Crippen MR) is 79.1 cm³/mol. The number of benzene rings is 1. The van der Waals surface area contributed by atoms with Crippen LogP contribution >= 0.6 is 0 Å². The molecule has 0 unspecified atom stereocenters. The van der Waals surface area contributed by atoms with E-state index < -0.39 is 5.97 Å². The number of fused-ring (bicyclic) bond motifs is 1. The van der Waals surface area contributed by atoms with Gasteiger partial charge in [0, 0.05) is 23.4 Å². The Labute approximate surface area is 124 Å². The molecule has 0 aliphatic carbocycles. The van der Waals surface area contributed by atoms with E-state index >= 15 is 0 Å². The molecule has 1 aromatic carbocycles. The van der Waals surface area contributed by atoms with Gasteiger partial charge in [0.15, 0.2) is 5.65 Å². The van der Waals surface area contributed by atoms with Gasteiger partial charge < -0.3 is 10.4 Å². The maximum absolute atomic E-state index is 12.1. The van der Waals surface area contributed by atoms with Crippen LogP contribution in [0.4, 0.5) is 5.69 Å². The van der Waals surface area contributed by atoms with Gasteiger partial charge in [0.25, 0.3) is 5.56 Å². The van der Waals surface area contributed by atoms with Crippen molar-refractivity contribution in [3.63, 3.8) is 0 Å². The topological polar surface area (TPSA) is 112 Å². The number of carboxylic acids is 1. The van der Waals surface area contributed by atoms with Gasteiger partial charge >= 0.3 is 5.97 Å². The SMILES string of the molecule is Cc1c(CNc2cccc(C(=O)O)c2)c(=O)[nH]n2cnnc12. The number of anilines is 1. The van der Waals surface area contributed by atoms with Gasteiger partial charge in [-0.2, -0.15) is 0 Å². The van der Waals surface area contributed by atoms with Crippen molar-refractivity contribution >= 4 is 17.3 Å². The molecular weight excluding hydrogens is 286 g/mol. The number of carboxylic acid groups (broad SMARTS) is 1. The average molecular weight is 299 g/mol. The fourth-order valence-electron chi connectivity index (χ4n) is 2.22. The molecule has 112 valence electrons. The molecule has 22 heavy (non-hydrogen) atoms. The number of aryl methyl sites for hydroxylation is 1. The van der Waals surface area contributed by atoms with Crippen molar-refractivity contribution in [1.29, 1.82) is 0 Å². The van der Waals surface area contributed by atoms with Crippen molar-refractivity contribution in [2.45, 2.75) is 13.5 Å². The molecule has 8 heteroatoms. The third kappa shape index (κ3) is 2.41. The Morgan fingerprint density at radius 3 is 3.05 bits per heavy atom. The van der Waals surface area contributed by atoms with Gasteiger partial charge in [-0.25, -0.2) is 9.31 Å². The normalized spacial score (nSPS) is 10.8. The zero-order valence-corrected chi connectivity index (χ0v) is 11.7. The first-order chi connectivity index (χ1) is 10.6. The van der Waals surface area contributed by atoms with E-state index in [9.17, 15) is 9.59 Å².